The number of aliphatic imine (C=N–C) groups is 1. The molecule has 3 aromatic rings. The first kappa shape index (κ1) is 30.6. The maximum Gasteiger partial charge on any atom is 0.344 e. The number of amides is 1. The number of benzene rings is 3. The molecule has 1 N–H and O–H groups in total. The quantitative estimate of drug-likeness (QED) is 0.225. The topological polar surface area (TPSA) is 94.4 Å². The number of aliphatic hydroxyl groups excluding tert-OH is 1. The minimum atomic E-state index is -0.760. The molecule has 10 heteroatoms. The number of hydrogen-bond acceptors (Lipinski definition) is 7. The van der Waals surface area contributed by atoms with Crippen LogP contribution in [0, 0.1) is 6.92 Å². The summed E-state index contributed by atoms with van der Waals surface area (Å²) in [6.07, 6.45) is 1.68. The van der Waals surface area contributed by atoms with Gasteiger partial charge in [0.1, 0.15) is 23.0 Å². The van der Waals surface area contributed by atoms with Crippen molar-refractivity contribution in [2.45, 2.75) is 27.4 Å². The summed E-state index contributed by atoms with van der Waals surface area (Å²) in [5.74, 6) is -0.560. The summed E-state index contributed by atoms with van der Waals surface area (Å²) >= 11 is 8.03. The van der Waals surface area contributed by atoms with Crippen molar-refractivity contribution >= 4 is 66.6 Å². The summed E-state index contributed by atoms with van der Waals surface area (Å²) in [5.41, 5.74) is 2.88. The van der Waals surface area contributed by atoms with Crippen LogP contribution in [0.4, 0.5) is 0 Å². The van der Waals surface area contributed by atoms with E-state index in [0.29, 0.717) is 45.2 Å². The van der Waals surface area contributed by atoms with Crippen molar-refractivity contribution < 1.29 is 28.9 Å². The Hall–Kier alpha value is -3.34. The SMILES string of the molecule is CCOC(=O)C1=C(O)/C(=C/c2cc(Br)c(OCc3ccc(Br)cc3)c(OCC)c2)SC1=NC(=O)c1ccc(C)cc1. The highest BCUT2D eigenvalue weighted by Gasteiger charge is 2.34. The van der Waals surface area contributed by atoms with E-state index < -0.39 is 11.9 Å². The van der Waals surface area contributed by atoms with Crippen LogP contribution in [0.3, 0.4) is 0 Å². The minimum absolute atomic E-state index is 0.0660. The number of aliphatic hydroxyl groups is 1. The first-order valence-electron chi connectivity index (χ1n) is 12.7. The molecule has 0 aliphatic carbocycles. The lowest BCUT2D eigenvalue weighted by atomic mass is 10.1. The van der Waals surface area contributed by atoms with Gasteiger partial charge in [0.15, 0.2) is 11.5 Å². The Morgan fingerprint density at radius 2 is 1.68 bits per heavy atom. The Kier molecular flexibility index (Phi) is 10.5. The fraction of sp³-hybridized carbons (Fsp3) is 0.194. The van der Waals surface area contributed by atoms with Gasteiger partial charge in [0.05, 0.1) is 22.6 Å². The number of ether oxygens (including phenoxy) is 3. The number of esters is 1. The first-order valence-corrected chi connectivity index (χ1v) is 15.1. The molecule has 0 bridgehead atoms. The number of thioether (sulfide) groups is 1. The van der Waals surface area contributed by atoms with Crippen molar-refractivity contribution in [2.24, 2.45) is 4.99 Å². The summed E-state index contributed by atoms with van der Waals surface area (Å²) in [6.45, 7) is 6.30. The van der Waals surface area contributed by atoms with Gasteiger partial charge in [-0.15, -0.1) is 0 Å². The lowest BCUT2D eigenvalue weighted by Gasteiger charge is -2.15. The zero-order valence-electron chi connectivity index (χ0n) is 22.6. The number of rotatable bonds is 9. The Labute approximate surface area is 259 Å². The van der Waals surface area contributed by atoms with Crippen LogP contribution < -0.4 is 9.47 Å². The van der Waals surface area contributed by atoms with E-state index in [9.17, 15) is 14.7 Å². The molecule has 1 amide bonds. The van der Waals surface area contributed by atoms with E-state index in [-0.39, 0.29) is 23.0 Å². The minimum Gasteiger partial charge on any atom is -0.506 e. The van der Waals surface area contributed by atoms with Crippen molar-refractivity contribution in [3.63, 3.8) is 0 Å². The summed E-state index contributed by atoms with van der Waals surface area (Å²) in [7, 11) is 0. The van der Waals surface area contributed by atoms with Crippen molar-refractivity contribution in [1.82, 2.24) is 0 Å². The zero-order chi connectivity index (χ0) is 29.5. The van der Waals surface area contributed by atoms with Gasteiger partial charge in [0, 0.05) is 10.0 Å². The van der Waals surface area contributed by atoms with Gasteiger partial charge in [-0.25, -0.2) is 9.79 Å². The fourth-order valence-electron chi connectivity index (χ4n) is 3.81. The van der Waals surface area contributed by atoms with Crippen LogP contribution in [0.15, 0.2) is 90.8 Å². The highest BCUT2D eigenvalue weighted by molar-refractivity contribution is 9.10. The Balaban J connectivity index is 1.67. The van der Waals surface area contributed by atoms with E-state index >= 15 is 0 Å². The Morgan fingerprint density at radius 1 is 0.976 bits per heavy atom. The highest BCUT2D eigenvalue weighted by Crippen LogP contribution is 2.42. The largest absolute Gasteiger partial charge is 0.506 e. The fourth-order valence-corrected chi connectivity index (χ4v) is 5.66. The summed E-state index contributed by atoms with van der Waals surface area (Å²) in [5, 5.41) is 11.1. The van der Waals surface area contributed by atoms with Crippen LogP contribution in [0.25, 0.3) is 6.08 Å². The normalized spacial score (nSPS) is 15.0. The van der Waals surface area contributed by atoms with E-state index in [2.05, 4.69) is 36.9 Å². The average Bonchev–Trinajstić information content (AvgIpc) is 3.23. The molecule has 41 heavy (non-hydrogen) atoms. The van der Waals surface area contributed by atoms with Gasteiger partial charge < -0.3 is 19.3 Å². The average molecular weight is 701 g/mol. The van der Waals surface area contributed by atoms with Gasteiger partial charge in [-0.3, -0.25) is 4.79 Å². The number of aryl methyl sites for hydroxylation is 1. The molecule has 0 saturated carbocycles. The van der Waals surface area contributed by atoms with Crippen LogP contribution in [-0.4, -0.2) is 35.2 Å². The monoisotopic (exact) mass is 699 g/mol. The Bertz CT molecular complexity index is 1550. The highest BCUT2D eigenvalue weighted by atomic mass is 79.9. The number of carbonyl (C=O) groups is 2. The molecule has 1 heterocycles. The van der Waals surface area contributed by atoms with E-state index in [0.717, 1.165) is 27.4 Å². The second kappa shape index (κ2) is 14.0. The van der Waals surface area contributed by atoms with Crippen LogP contribution in [0.2, 0.25) is 0 Å². The standard InChI is InChI=1S/C31H27Br2NO6S/c1-4-38-24-15-20(14-23(33)28(24)40-17-19-8-12-22(32)13-9-19)16-25-27(35)26(31(37)39-5-2)30(41-25)34-29(36)21-10-6-18(3)7-11-21/h6-16,35H,4-5,17H2,1-3H3/b25-16-,34-30?. The summed E-state index contributed by atoms with van der Waals surface area (Å²) in [4.78, 5) is 30.1. The van der Waals surface area contributed by atoms with E-state index in [1.165, 1.54) is 0 Å². The molecular weight excluding hydrogens is 674 g/mol. The Morgan fingerprint density at radius 3 is 2.34 bits per heavy atom. The molecule has 4 rings (SSSR count). The van der Waals surface area contributed by atoms with Gasteiger partial charge in [-0.05, 0) is 90.3 Å². The molecule has 0 spiro atoms. The molecule has 7 nitrogen and oxygen atoms in total. The molecular formula is C31H27Br2NO6S. The van der Waals surface area contributed by atoms with E-state index in [1.807, 2.05) is 44.2 Å². The van der Waals surface area contributed by atoms with Crippen molar-refractivity contribution in [3.8, 4) is 11.5 Å². The summed E-state index contributed by atoms with van der Waals surface area (Å²) < 4.78 is 18.7. The molecule has 0 radical (unpaired) electrons. The summed E-state index contributed by atoms with van der Waals surface area (Å²) in [6, 6.07) is 18.4. The van der Waals surface area contributed by atoms with E-state index in [1.54, 1.807) is 43.3 Å². The van der Waals surface area contributed by atoms with Gasteiger partial charge in [0.2, 0.25) is 0 Å². The molecule has 0 saturated heterocycles. The zero-order valence-corrected chi connectivity index (χ0v) is 26.6. The molecule has 212 valence electrons. The lowest BCUT2D eigenvalue weighted by Crippen LogP contribution is -2.14. The number of halogens is 2. The van der Waals surface area contributed by atoms with Crippen LogP contribution in [0.1, 0.15) is 40.9 Å². The maximum absolute atomic E-state index is 12.9. The van der Waals surface area contributed by atoms with Gasteiger partial charge >= 0.3 is 5.97 Å². The number of carbonyl (C=O) groups excluding carboxylic acids is 2. The number of hydrogen-bond donors (Lipinski definition) is 1. The second-order valence-corrected chi connectivity index (χ2v) is 11.6. The van der Waals surface area contributed by atoms with Crippen LogP contribution in [0.5, 0.6) is 11.5 Å². The van der Waals surface area contributed by atoms with Gasteiger partial charge in [0.25, 0.3) is 5.91 Å². The smallest absolute Gasteiger partial charge is 0.344 e. The molecule has 1 aliphatic rings. The molecule has 0 unspecified atom stereocenters. The first-order chi connectivity index (χ1) is 19.7. The van der Waals surface area contributed by atoms with E-state index in [4.69, 9.17) is 14.2 Å². The van der Waals surface area contributed by atoms with Crippen molar-refractivity contribution in [3.05, 3.63) is 108 Å². The third-order valence-electron chi connectivity index (χ3n) is 5.80. The third-order valence-corrected chi connectivity index (χ3v) is 7.94. The second-order valence-electron chi connectivity index (χ2n) is 8.82. The third kappa shape index (κ3) is 7.69. The molecule has 0 aromatic heterocycles. The molecule has 3 aromatic carbocycles. The molecule has 1 aliphatic heterocycles. The number of nitrogens with zero attached hydrogens (tertiary/aromatic N) is 1. The van der Waals surface area contributed by atoms with Crippen LogP contribution >= 0.6 is 43.6 Å². The predicted octanol–water partition coefficient (Wildman–Crippen LogP) is 8.20. The molecule has 0 fully saturated rings. The maximum atomic E-state index is 12.9. The van der Waals surface area contributed by atoms with Gasteiger partial charge in [-0.1, -0.05) is 57.5 Å². The van der Waals surface area contributed by atoms with Crippen molar-refractivity contribution in [1.29, 1.82) is 0 Å². The van der Waals surface area contributed by atoms with Crippen molar-refractivity contribution in [2.75, 3.05) is 13.2 Å². The predicted molar refractivity (Wildman–Crippen MR) is 169 cm³/mol. The lowest BCUT2D eigenvalue weighted by molar-refractivity contribution is -0.138. The van der Waals surface area contributed by atoms with Crippen LogP contribution in [-0.2, 0) is 16.1 Å². The van der Waals surface area contributed by atoms with Gasteiger partial charge in [-0.2, -0.15) is 0 Å². The molecule has 0 atom stereocenters.